The lowest BCUT2D eigenvalue weighted by Gasteiger charge is -2.13. The Morgan fingerprint density at radius 2 is 0.955 bits per heavy atom. The topological polar surface area (TPSA) is 135 Å². The number of H-pyrrole nitrogens is 1. The number of aromatic amines is 1. The van der Waals surface area contributed by atoms with E-state index in [0.717, 1.165) is 48.3 Å². The van der Waals surface area contributed by atoms with E-state index in [1.54, 1.807) is 12.4 Å². The van der Waals surface area contributed by atoms with E-state index < -0.39 is 0 Å². The Morgan fingerprint density at radius 3 is 1.39 bits per heavy atom. The molecule has 12 heteroatoms. The quantitative estimate of drug-likeness (QED) is 0.0886. The van der Waals surface area contributed by atoms with E-state index in [-0.39, 0.29) is 18.6 Å². The lowest BCUT2D eigenvalue weighted by atomic mass is 10.1. The Labute approximate surface area is 401 Å². The maximum atomic E-state index is 12.9. The van der Waals surface area contributed by atoms with Gasteiger partial charge in [-0.05, 0) is 103 Å². The molecule has 67 heavy (non-hydrogen) atoms. The summed E-state index contributed by atoms with van der Waals surface area (Å²) in [5.41, 5.74) is 6.27. The minimum atomic E-state index is -0.270. The Bertz CT molecular complexity index is 2530. The van der Waals surface area contributed by atoms with E-state index in [4.69, 9.17) is 11.6 Å². The third-order valence-corrected chi connectivity index (χ3v) is 10.7. The largest absolute Gasteiger partial charge is 0.304 e. The van der Waals surface area contributed by atoms with Crippen LogP contribution in [0.2, 0.25) is 0 Å². The third kappa shape index (κ3) is 19.2. The second-order valence-corrected chi connectivity index (χ2v) is 15.5. The first-order valence-corrected chi connectivity index (χ1v) is 23.0. The number of aromatic nitrogens is 8. The highest BCUT2D eigenvalue weighted by Gasteiger charge is 2.18. The summed E-state index contributed by atoms with van der Waals surface area (Å²) in [6.07, 6.45) is 8.92. The third-order valence-electron chi connectivity index (χ3n) is 10.5. The molecule has 0 bridgehead atoms. The van der Waals surface area contributed by atoms with E-state index in [1.165, 1.54) is 35.4 Å². The van der Waals surface area contributed by atoms with Gasteiger partial charge in [-0.25, -0.2) is 9.97 Å². The number of halogens is 1. The van der Waals surface area contributed by atoms with Gasteiger partial charge in [0.2, 0.25) is 17.0 Å². The fraction of sp³-hybridized carbons (Fsp3) is 0.273. The summed E-state index contributed by atoms with van der Waals surface area (Å²) in [6.45, 7) is 10.1. The van der Waals surface area contributed by atoms with Gasteiger partial charge in [0.15, 0.2) is 5.82 Å². The van der Waals surface area contributed by atoms with Crippen LogP contribution in [0.5, 0.6) is 0 Å². The average Bonchev–Trinajstić information content (AvgIpc) is 4.05. The van der Waals surface area contributed by atoms with Gasteiger partial charge in [0.05, 0.1) is 0 Å². The molecule has 8 aromatic rings. The van der Waals surface area contributed by atoms with E-state index in [9.17, 15) is 9.59 Å². The minimum absolute atomic E-state index is 0. The maximum Gasteiger partial charge on any atom is 0.248 e. The van der Waals surface area contributed by atoms with Crippen LogP contribution in [0, 0.1) is 0 Å². The number of hydrogen-bond acceptors (Lipinski definition) is 9. The summed E-state index contributed by atoms with van der Waals surface area (Å²) in [4.78, 5) is 43.4. The number of benzene rings is 4. The van der Waals surface area contributed by atoms with Gasteiger partial charge in [-0.2, -0.15) is 9.78 Å². The van der Waals surface area contributed by atoms with Crippen molar-refractivity contribution in [3.63, 3.8) is 0 Å². The van der Waals surface area contributed by atoms with Gasteiger partial charge in [0, 0.05) is 38.1 Å². The van der Waals surface area contributed by atoms with Crippen molar-refractivity contribution < 1.29 is 9.59 Å². The molecular weight excluding hydrogens is 854 g/mol. The Balaban J connectivity index is 0.000000221. The molecule has 4 heterocycles. The normalized spacial score (nSPS) is 10.3. The smallest absolute Gasteiger partial charge is 0.248 e. The molecule has 0 saturated carbocycles. The molecule has 8 rings (SSSR count). The molecule has 11 nitrogen and oxygen atoms in total. The Hall–Kier alpha value is -6.95. The molecule has 0 spiro atoms. The van der Waals surface area contributed by atoms with Gasteiger partial charge in [-0.15, -0.1) is 5.10 Å². The number of aryl methyl sites for hydroxylation is 6. The van der Waals surface area contributed by atoms with Crippen molar-refractivity contribution in [1.29, 1.82) is 0 Å². The molecular formula is C55H64ClN9O2. The van der Waals surface area contributed by atoms with E-state index >= 15 is 0 Å². The van der Waals surface area contributed by atoms with Gasteiger partial charge in [-0.3, -0.25) is 24.7 Å². The van der Waals surface area contributed by atoms with Gasteiger partial charge in [-0.1, -0.05) is 162 Å². The van der Waals surface area contributed by atoms with E-state index in [2.05, 4.69) is 97.3 Å². The van der Waals surface area contributed by atoms with Crippen LogP contribution in [-0.2, 0) is 43.3 Å². The van der Waals surface area contributed by atoms with Crippen molar-refractivity contribution in [3.8, 4) is 23.0 Å². The zero-order chi connectivity index (χ0) is 46.6. The first kappa shape index (κ1) is 52.7. The van der Waals surface area contributed by atoms with Crippen LogP contribution < -0.4 is 0 Å². The first-order chi connectivity index (χ1) is 32.3. The number of carbonyl (C=O) groups excluding carboxylic acids is 2. The summed E-state index contributed by atoms with van der Waals surface area (Å²) >= 11 is 5.19. The fourth-order valence-electron chi connectivity index (χ4n) is 6.69. The van der Waals surface area contributed by atoms with Crippen molar-refractivity contribution in [2.24, 2.45) is 0 Å². The van der Waals surface area contributed by atoms with Crippen molar-refractivity contribution in [1.82, 2.24) is 44.8 Å². The zero-order valence-electron chi connectivity index (χ0n) is 38.2. The van der Waals surface area contributed by atoms with Crippen LogP contribution in [0.3, 0.4) is 0 Å². The SMILES string of the molecule is C.CCN(CC)CC.O=C(CCc1ccccc1)n1nc(-c2ccccn2)nc1CCc1ccccc1.O=C(Cl)CCc1ccccc1.c1ccc(CCc2nc(-c3ccccn3)n[nH]2)cc1. The summed E-state index contributed by atoms with van der Waals surface area (Å²) in [5.74, 6) is 2.66. The lowest BCUT2D eigenvalue weighted by Crippen LogP contribution is -2.21. The molecule has 0 radical (unpaired) electrons. The molecule has 1 N–H and O–H groups in total. The fourth-order valence-corrected chi connectivity index (χ4v) is 6.79. The van der Waals surface area contributed by atoms with Gasteiger partial charge >= 0.3 is 0 Å². The van der Waals surface area contributed by atoms with E-state index in [0.29, 0.717) is 48.9 Å². The molecule has 4 aromatic heterocycles. The molecule has 0 unspecified atom stereocenters. The van der Waals surface area contributed by atoms with Crippen molar-refractivity contribution in [2.45, 2.75) is 79.6 Å². The number of rotatable bonds is 17. The van der Waals surface area contributed by atoms with Crippen molar-refractivity contribution in [3.05, 3.63) is 204 Å². The maximum absolute atomic E-state index is 12.9. The van der Waals surface area contributed by atoms with Crippen LogP contribution in [0.1, 0.15) is 79.7 Å². The summed E-state index contributed by atoms with van der Waals surface area (Å²) in [5, 5.41) is 11.4. The first-order valence-electron chi connectivity index (χ1n) is 22.6. The molecule has 0 aliphatic heterocycles. The molecule has 348 valence electrons. The highest BCUT2D eigenvalue weighted by Crippen LogP contribution is 2.16. The molecule has 0 saturated heterocycles. The molecule has 0 amide bonds. The summed E-state index contributed by atoms with van der Waals surface area (Å²) < 4.78 is 1.47. The Kier molecular flexibility index (Phi) is 23.8. The average molecular weight is 919 g/mol. The number of nitrogens with zero attached hydrogens (tertiary/aromatic N) is 8. The van der Waals surface area contributed by atoms with Gasteiger partial charge < -0.3 is 4.90 Å². The van der Waals surface area contributed by atoms with E-state index in [1.807, 2.05) is 121 Å². The number of pyridine rings is 2. The van der Waals surface area contributed by atoms with Gasteiger partial charge in [0.1, 0.15) is 23.0 Å². The number of carbonyl (C=O) groups is 2. The van der Waals surface area contributed by atoms with Crippen LogP contribution in [0.4, 0.5) is 0 Å². The zero-order valence-corrected chi connectivity index (χ0v) is 39.0. The number of hydrogen-bond donors (Lipinski definition) is 1. The number of nitrogens with one attached hydrogen (secondary N) is 1. The highest BCUT2D eigenvalue weighted by atomic mass is 35.5. The predicted molar refractivity (Wildman–Crippen MR) is 272 cm³/mol. The van der Waals surface area contributed by atoms with Crippen LogP contribution in [0.25, 0.3) is 23.0 Å². The Morgan fingerprint density at radius 1 is 0.522 bits per heavy atom. The van der Waals surface area contributed by atoms with Crippen LogP contribution >= 0.6 is 11.6 Å². The predicted octanol–water partition coefficient (Wildman–Crippen LogP) is 11.4. The minimum Gasteiger partial charge on any atom is -0.304 e. The second kappa shape index (κ2) is 30.3. The molecule has 0 aliphatic rings. The van der Waals surface area contributed by atoms with Crippen LogP contribution in [0.15, 0.2) is 170 Å². The van der Waals surface area contributed by atoms with Crippen LogP contribution in [-0.4, -0.2) is 75.6 Å². The molecule has 0 aliphatic carbocycles. The molecule has 0 atom stereocenters. The molecule has 4 aromatic carbocycles. The standard InChI is InChI=1S/C24H22N4O.C15H14N4.C9H9ClO.C6H15N.CH4/c29-23(17-15-20-11-5-2-6-12-20)28-22(16-14-19-9-3-1-4-10-19)26-24(27-28)21-13-7-8-18-25-21;1-2-6-12(7-3-1)9-10-14-17-15(19-18-14)13-8-4-5-11-16-13;10-9(11)7-6-8-4-2-1-3-5-8;1-4-7(5-2)6-3;/h1-13,18H,14-17H2;1-8,11H,9-10H2,(H,17,18,19);1-5H,6-7H2;4-6H2,1-3H3;1H4. The van der Waals surface area contributed by atoms with Crippen molar-refractivity contribution in [2.75, 3.05) is 19.6 Å². The lowest BCUT2D eigenvalue weighted by molar-refractivity contribution is -0.111. The molecule has 0 fully saturated rings. The summed E-state index contributed by atoms with van der Waals surface area (Å²) in [6, 6.07) is 51.7. The monoisotopic (exact) mass is 917 g/mol. The second-order valence-electron chi connectivity index (χ2n) is 15.1. The highest BCUT2D eigenvalue weighted by molar-refractivity contribution is 6.63. The summed E-state index contributed by atoms with van der Waals surface area (Å²) in [7, 11) is 0. The van der Waals surface area contributed by atoms with Crippen molar-refractivity contribution >= 4 is 22.8 Å². The van der Waals surface area contributed by atoms with Gasteiger partial charge in [0.25, 0.3) is 0 Å².